The van der Waals surface area contributed by atoms with Crippen LogP contribution in [-0.2, 0) is 0 Å². The van der Waals surface area contributed by atoms with Crippen molar-refractivity contribution in [1.29, 1.82) is 5.26 Å². The average molecular weight is 275 g/mol. The van der Waals surface area contributed by atoms with Crippen LogP contribution >= 0.6 is 11.8 Å². The Morgan fingerprint density at radius 3 is 2.84 bits per heavy atom. The van der Waals surface area contributed by atoms with Crippen LogP contribution < -0.4 is 10.6 Å². The Morgan fingerprint density at radius 1 is 1.42 bits per heavy atom. The first-order valence-electron chi connectivity index (χ1n) is 5.57. The van der Waals surface area contributed by atoms with E-state index >= 15 is 0 Å². The molecule has 19 heavy (non-hydrogen) atoms. The molecular weight excluding hydrogens is 262 g/mol. The molecule has 0 aliphatic carbocycles. The van der Waals surface area contributed by atoms with E-state index in [2.05, 4.69) is 16.3 Å². The minimum Gasteiger partial charge on any atom is -0.496 e. The minimum absolute atomic E-state index is 0.239. The molecule has 7 heteroatoms. The fourth-order valence-electron chi connectivity index (χ4n) is 1.55. The molecular formula is C12H13N5OS. The summed E-state index contributed by atoms with van der Waals surface area (Å²) in [6.45, 7) is 1.78. The number of benzene rings is 1. The first-order valence-corrected chi connectivity index (χ1v) is 6.45. The van der Waals surface area contributed by atoms with Gasteiger partial charge in [-0.2, -0.15) is 5.26 Å². The molecule has 0 aliphatic rings. The monoisotopic (exact) mass is 275 g/mol. The first kappa shape index (κ1) is 13.2. The van der Waals surface area contributed by atoms with Gasteiger partial charge in [0.15, 0.2) is 5.82 Å². The Labute approximate surface area is 115 Å². The van der Waals surface area contributed by atoms with E-state index in [0.29, 0.717) is 16.7 Å². The fraction of sp³-hybridized carbons (Fsp3) is 0.250. The molecule has 0 aliphatic heterocycles. The molecule has 1 heterocycles. The summed E-state index contributed by atoms with van der Waals surface area (Å²) in [7, 11) is 1.59. The van der Waals surface area contributed by atoms with Crippen LogP contribution in [0, 0.1) is 11.3 Å². The second-order valence-corrected chi connectivity index (χ2v) is 5.07. The molecule has 0 saturated heterocycles. The van der Waals surface area contributed by atoms with Crippen molar-refractivity contribution in [1.82, 2.24) is 14.9 Å². The van der Waals surface area contributed by atoms with Crippen LogP contribution in [0.15, 0.2) is 29.4 Å². The Balaban J connectivity index is 2.39. The Kier molecular flexibility index (Phi) is 3.92. The average Bonchev–Trinajstić information content (AvgIpc) is 2.80. The number of thioether (sulfide) groups is 1. The summed E-state index contributed by atoms with van der Waals surface area (Å²) in [5, 5.41) is 17.1. The smallest absolute Gasteiger partial charge is 0.211 e. The second-order valence-electron chi connectivity index (χ2n) is 3.77. The molecule has 6 nitrogen and oxygen atoms in total. The molecule has 0 radical (unpaired) electrons. The summed E-state index contributed by atoms with van der Waals surface area (Å²) in [6, 6.07) is 9.54. The minimum atomic E-state index is -0.239. The number of aromatic nitrogens is 3. The number of hydrogen-bond acceptors (Lipinski definition) is 6. The largest absolute Gasteiger partial charge is 0.496 e. The highest BCUT2D eigenvalue weighted by atomic mass is 32.2. The molecule has 2 N–H and O–H groups in total. The van der Waals surface area contributed by atoms with E-state index in [4.69, 9.17) is 15.8 Å². The van der Waals surface area contributed by atoms with Crippen molar-refractivity contribution >= 4 is 11.8 Å². The number of nitrogens with zero attached hydrogens (tertiary/aromatic N) is 4. The molecule has 0 amide bonds. The van der Waals surface area contributed by atoms with Crippen molar-refractivity contribution in [2.24, 2.45) is 0 Å². The lowest BCUT2D eigenvalue weighted by Gasteiger charge is -2.08. The zero-order chi connectivity index (χ0) is 13.8. The van der Waals surface area contributed by atoms with Gasteiger partial charge in [0.1, 0.15) is 5.75 Å². The van der Waals surface area contributed by atoms with Gasteiger partial charge in [0.05, 0.1) is 24.0 Å². The van der Waals surface area contributed by atoms with E-state index in [1.165, 1.54) is 16.4 Å². The van der Waals surface area contributed by atoms with Gasteiger partial charge >= 0.3 is 0 Å². The molecule has 98 valence electrons. The van der Waals surface area contributed by atoms with Gasteiger partial charge in [-0.1, -0.05) is 23.9 Å². The van der Waals surface area contributed by atoms with Crippen LogP contribution in [0.4, 0.5) is 0 Å². The zero-order valence-electron chi connectivity index (χ0n) is 10.6. The lowest BCUT2D eigenvalue weighted by atomic mass is 10.2. The van der Waals surface area contributed by atoms with Crippen molar-refractivity contribution in [2.75, 3.05) is 13.0 Å². The standard InChI is InChI=1S/C12H13N5OS/c1-8(7-13)19-12-16-15-11(17(12)14)9-5-3-4-6-10(9)18-2/h3-6,8H,14H2,1-2H3. The predicted octanol–water partition coefficient (Wildman–Crippen LogP) is 1.67. The van der Waals surface area contributed by atoms with Crippen molar-refractivity contribution in [2.45, 2.75) is 17.3 Å². The third-order valence-electron chi connectivity index (χ3n) is 2.48. The maximum atomic E-state index is 8.80. The lowest BCUT2D eigenvalue weighted by Crippen LogP contribution is -2.12. The van der Waals surface area contributed by atoms with Gasteiger partial charge in [-0.25, -0.2) is 4.68 Å². The summed E-state index contributed by atoms with van der Waals surface area (Å²) < 4.78 is 6.64. The van der Waals surface area contributed by atoms with Gasteiger partial charge in [0.2, 0.25) is 5.16 Å². The SMILES string of the molecule is COc1ccccc1-c1nnc(SC(C)C#N)n1N. The molecule has 2 rings (SSSR count). The number of nitriles is 1. The summed E-state index contributed by atoms with van der Waals surface area (Å²) in [5.41, 5.74) is 0.761. The van der Waals surface area contributed by atoms with Crippen LogP contribution in [-0.4, -0.2) is 27.2 Å². The zero-order valence-corrected chi connectivity index (χ0v) is 11.4. The summed E-state index contributed by atoms with van der Waals surface area (Å²) in [6.07, 6.45) is 0. The van der Waals surface area contributed by atoms with Gasteiger partial charge in [0.25, 0.3) is 0 Å². The topological polar surface area (TPSA) is 89.8 Å². The molecule has 1 aromatic heterocycles. The van der Waals surface area contributed by atoms with Crippen molar-refractivity contribution in [3.63, 3.8) is 0 Å². The van der Waals surface area contributed by atoms with Crippen molar-refractivity contribution in [3.05, 3.63) is 24.3 Å². The van der Waals surface area contributed by atoms with Gasteiger partial charge in [-0.15, -0.1) is 10.2 Å². The Bertz CT molecular complexity index is 619. The third kappa shape index (κ3) is 2.63. The van der Waals surface area contributed by atoms with Gasteiger partial charge in [0, 0.05) is 0 Å². The Hall–Kier alpha value is -2.20. The van der Waals surface area contributed by atoms with E-state index in [1.807, 2.05) is 24.3 Å². The van der Waals surface area contributed by atoms with E-state index < -0.39 is 0 Å². The van der Waals surface area contributed by atoms with E-state index in [-0.39, 0.29) is 5.25 Å². The summed E-state index contributed by atoms with van der Waals surface area (Å²) >= 11 is 1.26. The van der Waals surface area contributed by atoms with Crippen molar-refractivity contribution in [3.8, 4) is 23.2 Å². The molecule has 0 fully saturated rings. The van der Waals surface area contributed by atoms with Crippen LogP contribution in [0.5, 0.6) is 5.75 Å². The number of ether oxygens (including phenoxy) is 1. The molecule has 1 aromatic carbocycles. The second kappa shape index (κ2) is 5.63. The molecule has 2 aromatic rings. The van der Waals surface area contributed by atoms with Crippen molar-refractivity contribution < 1.29 is 4.74 Å². The number of hydrogen-bond donors (Lipinski definition) is 1. The highest BCUT2D eigenvalue weighted by Gasteiger charge is 2.17. The molecule has 0 saturated carbocycles. The first-order chi connectivity index (χ1) is 9.17. The van der Waals surface area contributed by atoms with E-state index in [0.717, 1.165) is 5.56 Å². The number of nitrogen functional groups attached to an aromatic ring is 1. The highest BCUT2D eigenvalue weighted by molar-refractivity contribution is 8.00. The molecule has 1 unspecified atom stereocenters. The summed E-state index contributed by atoms with van der Waals surface area (Å²) in [4.78, 5) is 0. The normalized spacial score (nSPS) is 11.8. The number of nitrogens with two attached hydrogens (primary N) is 1. The number of para-hydroxylation sites is 1. The molecule has 0 spiro atoms. The van der Waals surface area contributed by atoms with Gasteiger partial charge < -0.3 is 10.6 Å². The maximum Gasteiger partial charge on any atom is 0.211 e. The lowest BCUT2D eigenvalue weighted by molar-refractivity contribution is 0.416. The van der Waals surface area contributed by atoms with Gasteiger partial charge in [-0.3, -0.25) is 0 Å². The number of methoxy groups -OCH3 is 1. The van der Waals surface area contributed by atoms with Crippen LogP contribution in [0.1, 0.15) is 6.92 Å². The quantitative estimate of drug-likeness (QED) is 0.674. The maximum absolute atomic E-state index is 8.80. The van der Waals surface area contributed by atoms with E-state index in [1.54, 1.807) is 14.0 Å². The molecule has 0 bridgehead atoms. The Morgan fingerprint density at radius 2 is 2.16 bits per heavy atom. The highest BCUT2D eigenvalue weighted by Crippen LogP contribution is 2.30. The third-order valence-corrected chi connectivity index (χ3v) is 3.42. The van der Waals surface area contributed by atoms with Gasteiger partial charge in [-0.05, 0) is 19.1 Å². The van der Waals surface area contributed by atoms with E-state index in [9.17, 15) is 0 Å². The predicted molar refractivity (Wildman–Crippen MR) is 73.1 cm³/mol. The fourth-order valence-corrected chi connectivity index (χ4v) is 2.21. The summed E-state index contributed by atoms with van der Waals surface area (Å²) in [5.74, 6) is 7.15. The van der Waals surface area contributed by atoms with Crippen LogP contribution in [0.3, 0.4) is 0 Å². The number of rotatable bonds is 4. The molecule has 1 atom stereocenters. The van der Waals surface area contributed by atoms with Crippen LogP contribution in [0.25, 0.3) is 11.4 Å². The van der Waals surface area contributed by atoms with Crippen LogP contribution in [0.2, 0.25) is 0 Å².